The second kappa shape index (κ2) is 6.10. The van der Waals surface area contributed by atoms with E-state index in [0.717, 1.165) is 0 Å². The highest BCUT2D eigenvalue weighted by molar-refractivity contribution is 7.91. The molecular formula is C17H19N3O5S. The largest absolute Gasteiger partial charge is 0.495 e. The van der Waals surface area contributed by atoms with E-state index in [-0.39, 0.29) is 22.2 Å². The Morgan fingerprint density at radius 2 is 2.00 bits per heavy atom. The van der Waals surface area contributed by atoms with Gasteiger partial charge in [-0.05, 0) is 6.07 Å². The fourth-order valence-electron chi connectivity index (χ4n) is 3.58. The van der Waals surface area contributed by atoms with Gasteiger partial charge in [0.05, 0.1) is 31.8 Å². The van der Waals surface area contributed by atoms with Crippen LogP contribution < -0.4 is 4.74 Å². The number of aryl methyl sites for hydroxylation is 1. The standard InChI is InChI=1S/C17H19N3O5S/c1-19-15-11-4-3-5-13(24-2)16(11)26(22,23)10-12(15)14(18-19)17(21)20-6-8-25-9-7-20/h3-5H,6-10H2,1-2H3. The number of rotatable bonds is 2. The van der Waals surface area contributed by atoms with Crippen LogP contribution in [0.5, 0.6) is 5.75 Å². The SMILES string of the molecule is COc1cccc2c1S(=O)(=O)Cc1c(C(=O)N3CCOCC3)nn(C)c1-2. The summed E-state index contributed by atoms with van der Waals surface area (Å²) in [5, 5.41) is 4.37. The first-order chi connectivity index (χ1) is 12.4. The zero-order valence-electron chi connectivity index (χ0n) is 14.6. The molecule has 1 fully saturated rings. The molecule has 0 atom stereocenters. The number of carbonyl (C=O) groups excluding carboxylic acids is 1. The van der Waals surface area contributed by atoms with Gasteiger partial charge in [0.25, 0.3) is 5.91 Å². The molecule has 1 amide bonds. The lowest BCUT2D eigenvalue weighted by Crippen LogP contribution is -2.41. The summed E-state index contributed by atoms with van der Waals surface area (Å²) >= 11 is 0. The van der Waals surface area contributed by atoms with Crippen molar-refractivity contribution >= 4 is 15.7 Å². The van der Waals surface area contributed by atoms with Crippen LogP contribution in [-0.2, 0) is 27.4 Å². The van der Waals surface area contributed by atoms with E-state index in [0.29, 0.717) is 48.9 Å². The van der Waals surface area contributed by atoms with Gasteiger partial charge in [0.1, 0.15) is 10.6 Å². The van der Waals surface area contributed by atoms with Gasteiger partial charge in [-0.2, -0.15) is 5.10 Å². The fraction of sp³-hybridized carbons (Fsp3) is 0.412. The number of morpholine rings is 1. The van der Waals surface area contributed by atoms with Gasteiger partial charge in [0.15, 0.2) is 15.5 Å². The zero-order chi connectivity index (χ0) is 18.5. The fourth-order valence-corrected chi connectivity index (χ4v) is 5.33. The van der Waals surface area contributed by atoms with Gasteiger partial charge >= 0.3 is 0 Å². The van der Waals surface area contributed by atoms with E-state index in [4.69, 9.17) is 9.47 Å². The van der Waals surface area contributed by atoms with Crippen molar-refractivity contribution in [3.05, 3.63) is 29.5 Å². The van der Waals surface area contributed by atoms with E-state index in [1.165, 1.54) is 7.11 Å². The molecule has 2 aromatic rings. The van der Waals surface area contributed by atoms with E-state index in [9.17, 15) is 13.2 Å². The number of amides is 1. The molecule has 0 bridgehead atoms. The minimum Gasteiger partial charge on any atom is -0.495 e. The highest BCUT2D eigenvalue weighted by atomic mass is 32.2. The summed E-state index contributed by atoms with van der Waals surface area (Å²) in [6.45, 7) is 1.89. The number of ether oxygens (including phenoxy) is 2. The Bertz CT molecular complexity index is 990. The summed E-state index contributed by atoms with van der Waals surface area (Å²) in [6, 6.07) is 5.08. The lowest BCUT2D eigenvalue weighted by Gasteiger charge is -2.26. The van der Waals surface area contributed by atoms with E-state index in [1.807, 2.05) is 0 Å². The maximum atomic E-state index is 12.9. The van der Waals surface area contributed by atoms with Crippen LogP contribution in [0.1, 0.15) is 16.1 Å². The molecule has 2 aliphatic heterocycles. The molecule has 2 aliphatic rings. The van der Waals surface area contributed by atoms with Crippen LogP contribution in [0.2, 0.25) is 0 Å². The Kier molecular flexibility index (Phi) is 4.00. The molecule has 8 nitrogen and oxygen atoms in total. The predicted octanol–water partition coefficient (Wildman–Crippen LogP) is 0.855. The maximum Gasteiger partial charge on any atom is 0.274 e. The van der Waals surface area contributed by atoms with E-state index in [2.05, 4.69) is 5.10 Å². The molecule has 0 aliphatic carbocycles. The van der Waals surface area contributed by atoms with Crippen LogP contribution in [0.4, 0.5) is 0 Å². The number of aromatic nitrogens is 2. The summed E-state index contributed by atoms with van der Waals surface area (Å²) in [5.74, 6) is -0.225. The second-order valence-electron chi connectivity index (χ2n) is 6.30. The van der Waals surface area contributed by atoms with Crippen molar-refractivity contribution in [1.29, 1.82) is 0 Å². The van der Waals surface area contributed by atoms with Crippen molar-refractivity contribution in [2.75, 3.05) is 33.4 Å². The number of hydrogen-bond acceptors (Lipinski definition) is 6. The number of fused-ring (bicyclic) bond motifs is 3. The van der Waals surface area contributed by atoms with Gasteiger partial charge in [-0.25, -0.2) is 8.42 Å². The average molecular weight is 377 g/mol. The molecule has 1 aromatic carbocycles. The first-order valence-corrected chi connectivity index (χ1v) is 9.92. The summed E-state index contributed by atoms with van der Waals surface area (Å²) in [4.78, 5) is 14.7. The molecule has 9 heteroatoms. The lowest BCUT2D eigenvalue weighted by atomic mass is 10.0. The quantitative estimate of drug-likeness (QED) is 0.771. The minimum atomic E-state index is -3.65. The molecule has 1 saturated heterocycles. The number of carbonyl (C=O) groups is 1. The van der Waals surface area contributed by atoms with Crippen LogP contribution >= 0.6 is 0 Å². The molecule has 0 N–H and O–H groups in total. The molecule has 0 radical (unpaired) electrons. The van der Waals surface area contributed by atoms with Crippen molar-refractivity contribution < 1.29 is 22.7 Å². The van der Waals surface area contributed by atoms with Crippen molar-refractivity contribution in [3.63, 3.8) is 0 Å². The third-order valence-corrected chi connectivity index (χ3v) is 6.46. The Morgan fingerprint density at radius 1 is 1.27 bits per heavy atom. The molecule has 26 heavy (non-hydrogen) atoms. The number of hydrogen-bond donors (Lipinski definition) is 0. The molecule has 3 heterocycles. The Morgan fingerprint density at radius 3 is 2.69 bits per heavy atom. The smallest absolute Gasteiger partial charge is 0.274 e. The van der Waals surface area contributed by atoms with Crippen molar-refractivity contribution in [3.8, 4) is 17.0 Å². The van der Waals surface area contributed by atoms with E-state index >= 15 is 0 Å². The Hall–Kier alpha value is -2.39. The Balaban J connectivity index is 1.89. The minimum absolute atomic E-state index is 0.156. The topological polar surface area (TPSA) is 90.7 Å². The highest BCUT2D eigenvalue weighted by Crippen LogP contribution is 2.43. The Labute approximate surface area is 151 Å². The van der Waals surface area contributed by atoms with Crippen LogP contribution in [0.15, 0.2) is 23.1 Å². The average Bonchev–Trinajstić information content (AvgIpc) is 2.96. The molecule has 0 saturated carbocycles. The summed E-state index contributed by atoms with van der Waals surface area (Å²) in [7, 11) is -0.485. The highest BCUT2D eigenvalue weighted by Gasteiger charge is 2.38. The van der Waals surface area contributed by atoms with Gasteiger partial charge < -0.3 is 14.4 Å². The number of sulfone groups is 1. The molecule has 0 unspecified atom stereocenters. The van der Waals surface area contributed by atoms with Crippen LogP contribution in [0.25, 0.3) is 11.3 Å². The normalized spacial score (nSPS) is 18.2. The monoisotopic (exact) mass is 377 g/mol. The van der Waals surface area contributed by atoms with Gasteiger partial charge in [-0.1, -0.05) is 12.1 Å². The third-order valence-electron chi connectivity index (χ3n) is 4.75. The molecule has 1 aromatic heterocycles. The number of benzene rings is 1. The van der Waals surface area contributed by atoms with E-state index in [1.54, 1.807) is 34.8 Å². The third kappa shape index (κ3) is 2.50. The molecule has 138 valence electrons. The van der Waals surface area contributed by atoms with Gasteiger partial charge in [-0.3, -0.25) is 9.48 Å². The van der Waals surface area contributed by atoms with Crippen LogP contribution in [0, 0.1) is 0 Å². The van der Waals surface area contributed by atoms with Gasteiger partial charge in [-0.15, -0.1) is 0 Å². The van der Waals surface area contributed by atoms with Crippen molar-refractivity contribution in [1.82, 2.24) is 14.7 Å². The van der Waals surface area contributed by atoms with Crippen molar-refractivity contribution in [2.45, 2.75) is 10.6 Å². The first-order valence-electron chi connectivity index (χ1n) is 8.27. The summed E-state index contributed by atoms with van der Waals surface area (Å²) in [6.07, 6.45) is 0. The first kappa shape index (κ1) is 17.0. The molecule has 4 rings (SSSR count). The molecule has 0 spiro atoms. The zero-order valence-corrected chi connectivity index (χ0v) is 15.4. The number of methoxy groups -OCH3 is 1. The summed E-state index contributed by atoms with van der Waals surface area (Å²) in [5.41, 5.74) is 1.80. The van der Waals surface area contributed by atoms with Crippen molar-refractivity contribution in [2.24, 2.45) is 7.05 Å². The second-order valence-corrected chi connectivity index (χ2v) is 8.23. The lowest BCUT2D eigenvalue weighted by molar-refractivity contribution is 0.0298. The summed E-state index contributed by atoms with van der Waals surface area (Å²) < 4.78 is 37.9. The molecular weight excluding hydrogens is 358 g/mol. The maximum absolute atomic E-state index is 12.9. The number of nitrogens with zero attached hydrogens (tertiary/aromatic N) is 3. The van der Waals surface area contributed by atoms with Crippen LogP contribution in [0.3, 0.4) is 0 Å². The van der Waals surface area contributed by atoms with E-state index < -0.39 is 9.84 Å². The van der Waals surface area contributed by atoms with Gasteiger partial charge in [0, 0.05) is 31.3 Å². The van der Waals surface area contributed by atoms with Crippen LogP contribution in [-0.4, -0.2) is 62.4 Å². The predicted molar refractivity (Wildman–Crippen MR) is 92.8 cm³/mol. The van der Waals surface area contributed by atoms with Gasteiger partial charge in [0.2, 0.25) is 0 Å².